The van der Waals surface area contributed by atoms with E-state index in [4.69, 9.17) is 11.1 Å². The number of hydrogen-bond donors (Lipinski definition) is 2. The number of benzene rings is 1. The number of nitrogen functional groups attached to an aromatic ring is 1. The van der Waals surface area contributed by atoms with Crippen molar-refractivity contribution in [3.63, 3.8) is 0 Å². The van der Waals surface area contributed by atoms with Gasteiger partial charge in [0.25, 0.3) is 0 Å². The number of nitrogens with two attached hydrogens (primary N) is 1. The van der Waals surface area contributed by atoms with Crippen molar-refractivity contribution in [2.75, 3.05) is 18.5 Å². The Balaban J connectivity index is 2.07. The maximum absolute atomic E-state index is 7.55. The highest BCUT2D eigenvalue weighted by Gasteiger charge is 2.21. The van der Waals surface area contributed by atoms with Crippen molar-refractivity contribution in [2.45, 2.75) is 19.3 Å². The molecule has 0 atom stereocenters. The fraction of sp³-hybridized carbons (Fsp3) is 0.462. The third-order valence-corrected chi connectivity index (χ3v) is 3.18. The zero-order valence-electron chi connectivity index (χ0n) is 9.74. The maximum Gasteiger partial charge on any atom is 0.124 e. The van der Waals surface area contributed by atoms with E-state index in [1.165, 1.54) is 19.3 Å². The van der Waals surface area contributed by atoms with Crippen LogP contribution >= 0.6 is 0 Å². The standard InChI is InChI=1S/C13H19N3/c1-16(9-8-10-6-7-10)12-5-3-2-4-11(12)13(14)15/h2-5,10H,6-9H2,1H3,(H3,14,15). The summed E-state index contributed by atoms with van der Waals surface area (Å²) in [5.41, 5.74) is 7.48. The molecule has 3 heteroatoms. The van der Waals surface area contributed by atoms with E-state index in [1.54, 1.807) is 0 Å². The lowest BCUT2D eigenvalue weighted by molar-refractivity contribution is 0.710. The molecule has 1 aliphatic carbocycles. The number of amidine groups is 1. The second-order valence-electron chi connectivity index (χ2n) is 4.58. The van der Waals surface area contributed by atoms with Gasteiger partial charge in [0, 0.05) is 24.8 Å². The Morgan fingerprint density at radius 1 is 1.44 bits per heavy atom. The highest BCUT2D eigenvalue weighted by molar-refractivity contribution is 6.00. The second kappa shape index (κ2) is 4.56. The average molecular weight is 217 g/mol. The Morgan fingerprint density at radius 3 is 2.75 bits per heavy atom. The fourth-order valence-electron chi connectivity index (χ4n) is 1.94. The van der Waals surface area contributed by atoms with Gasteiger partial charge in [-0.1, -0.05) is 25.0 Å². The van der Waals surface area contributed by atoms with Crippen LogP contribution in [0.1, 0.15) is 24.8 Å². The minimum Gasteiger partial charge on any atom is -0.384 e. The van der Waals surface area contributed by atoms with Crippen LogP contribution in [0.15, 0.2) is 24.3 Å². The number of hydrogen-bond acceptors (Lipinski definition) is 2. The number of rotatable bonds is 5. The van der Waals surface area contributed by atoms with Crippen molar-refractivity contribution in [2.24, 2.45) is 11.7 Å². The molecule has 2 rings (SSSR count). The van der Waals surface area contributed by atoms with Gasteiger partial charge in [0.2, 0.25) is 0 Å². The van der Waals surface area contributed by atoms with Crippen LogP contribution in [-0.4, -0.2) is 19.4 Å². The first-order chi connectivity index (χ1) is 7.68. The van der Waals surface area contributed by atoms with Crippen LogP contribution in [0.2, 0.25) is 0 Å². The second-order valence-corrected chi connectivity index (χ2v) is 4.58. The van der Waals surface area contributed by atoms with Gasteiger partial charge in [-0.05, 0) is 24.5 Å². The normalized spacial score (nSPS) is 14.8. The van der Waals surface area contributed by atoms with E-state index in [2.05, 4.69) is 11.9 Å². The molecule has 1 aromatic carbocycles. The van der Waals surface area contributed by atoms with Gasteiger partial charge >= 0.3 is 0 Å². The molecule has 0 amide bonds. The van der Waals surface area contributed by atoms with Crippen LogP contribution in [0.25, 0.3) is 0 Å². The first-order valence-corrected chi connectivity index (χ1v) is 5.83. The van der Waals surface area contributed by atoms with Crippen LogP contribution in [-0.2, 0) is 0 Å². The molecule has 0 spiro atoms. The number of anilines is 1. The van der Waals surface area contributed by atoms with E-state index < -0.39 is 0 Å². The van der Waals surface area contributed by atoms with Crippen LogP contribution in [0.4, 0.5) is 5.69 Å². The van der Waals surface area contributed by atoms with Crippen molar-refractivity contribution in [3.05, 3.63) is 29.8 Å². The maximum atomic E-state index is 7.55. The van der Waals surface area contributed by atoms with Gasteiger partial charge < -0.3 is 10.6 Å². The van der Waals surface area contributed by atoms with Gasteiger partial charge in [-0.25, -0.2) is 0 Å². The number of nitrogens with zero attached hydrogens (tertiary/aromatic N) is 1. The molecule has 3 N–H and O–H groups in total. The molecule has 1 saturated carbocycles. The summed E-state index contributed by atoms with van der Waals surface area (Å²) in [6, 6.07) is 7.86. The third-order valence-electron chi connectivity index (χ3n) is 3.18. The molecule has 0 aliphatic heterocycles. The minimum absolute atomic E-state index is 0.147. The Kier molecular flexibility index (Phi) is 3.13. The van der Waals surface area contributed by atoms with Crippen LogP contribution in [0, 0.1) is 11.3 Å². The Labute approximate surface area is 96.8 Å². The summed E-state index contributed by atoms with van der Waals surface area (Å²) in [6.45, 7) is 1.05. The van der Waals surface area contributed by atoms with Crippen molar-refractivity contribution < 1.29 is 0 Å². The molecule has 0 radical (unpaired) electrons. The molecule has 0 aromatic heterocycles. The Bertz CT molecular complexity index is 383. The molecule has 0 bridgehead atoms. The highest BCUT2D eigenvalue weighted by Crippen LogP contribution is 2.33. The first kappa shape index (κ1) is 11.0. The Morgan fingerprint density at radius 2 is 2.12 bits per heavy atom. The summed E-state index contributed by atoms with van der Waals surface area (Å²) >= 11 is 0. The van der Waals surface area contributed by atoms with Crippen LogP contribution in [0.5, 0.6) is 0 Å². The van der Waals surface area contributed by atoms with Crippen molar-refractivity contribution in [1.29, 1.82) is 5.41 Å². The van der Waals surface area contributed by atoms with E-state index in [0.717, 1.165) is 23.7 Å². The molecule has 16 heavy (non-hydrogen) atoms. The Hall–Kier alpha value is -1.51. The third kappa shape index (κ3) is 2.54. The molecule has 0 unspecified atom stereocenters. The summed E-state index contributed by atoms with van der Waals surface area (Å²) < 4.78 is 0. The fourth-order valence-corrected chi connectivity index (χ4v) is 1.94. The quantitative estimate of drug-likeness (QED) is 0.587. The summed E-state index contributed by atoms with van der Waals surface area (Å²) in [4.78, 5) is 2.20. The topological polar surface area (TPSA) is 53.1 Å². The highest BCUT2D eigenvalue weighted by atomic mass is 15.1. The van der Waals surface area contributed by atoms with E-state index in [0.29, 0.717) is 0 Å². The van der Waals surface area contributed by atoms with Crippen LogP contribution in [0.3, 0.4) is 0 Å². The summed E-state index contributed by atoms with van der Waals surface area (Å²) in [5, 5.41) is 7.55. The van der Waals surface area contributed by atoms with E-state index in [-0.39, 0.29) is 5.84 Å². The largest absolute Gasteiger partial charge is 0.384 e. The summed E-state index contributed by atoms with van der Waals surface area (Å²) in [7, 11) is 2.07. The predicted octanol–water partition coefficient (Wildman–Crippen LogP) is 2.21. The molecule has 1 fully saturated rings. The molecule has 1 aliphatic rings. The molecule has 1 aromatic rings. The average Bonchev–Trinajstić information content (AvgIpc) is 3.09. The zero-order chi connectivity index (χ0) is 11.5. The van der Waals surface area contributed by atoms with Gasteiger partial charge in [-0.3, -0.25) is 5.41 Å². The van der Waals surface area contributed by atoms with Gasteiger partial charge in [-0.15, -0.1) is 0 Å². The number of nitrogens with one attached hydrogen (secondary N) is 1. The lowest BCUT2D eigenvalue weighted by Gasteiger charge is -2.21. The monoisotopic (exact) mass is 217 g/mol. The SMILES string of the molecule is CN(CCC1CC1)c1ccccc1C(=N)N. The lowest BCUT2D eigenvalue weighted by atomic mass is 10.1. The first-order valence-electron chi connectivity index (χ1n) is 5.83. The van der Waals surface area contributed by atoms with E-state index in [9.17, 15) is 0 Å². The number of para-hydroxylation sites is 1. The summed E-state index contributed by atoms with van der Waals surface area (Å²) in [5.74, 6) is 1.08. The predicted molar refractivity (Wildman–Crippen MR) is 68.1 cm³/mol. The molecular weight excluding hydrogens is 198 g/mol. The molecule has 86 valence electrons. The molecule has 0 heterocycles. The van der Waals surface area contributed by atoms with Crippen LogP contribution < -0.4 is 10.6 Å². The van der Waals surface area contributed by atoms with Crippen molar-refractivity contribution >= 4 is 11.5 Å². The van der Waals surface area contributed by atoms with Crippen molar-refractivity contribution in [3.8, 4) is 0 Å². The van der Waals surface area contributed by atoms with E-state index in [1.807, 2.05) is 24.3 Å². The minimum atomic E-state index is 0.147. The summed E-state index contributed by atoms with van der Waals surface area (Å²) in [6.07, 6.45) is 4.03. The van der Waals surface area contributed by atoms with Gasteiger partial charge in [0.15, 0.2) is 0 Å². The molecular formula is C13H19N3. The lowest BCUT2D eigenvalue weighted by Crippen LogP contribution is -2.23. The van der Waals surface area contributed by atoms with Gasteiger partial charge in [0.1, 0.15) is 5.84 Å². The van der Waals surface area contributed by atoms with E-state index >= 15 is 0 Å². The molecule has 3 nitrogen and oxygen atoms in total. The van der Waals surface area contributed by atoms with Crippen molar-refractivity contribution in [1.82, 2.24) is 0 Å². The molecule has 0 saturated heterocycles. The zero-order valence-corrected chi connectivity index (χ0v) is 9.74. The van der Waals surface area contributed by atoms with Gasteiger partial charge in [0.05, 0.1) is 0 Å². The smallest absolute Gasteiger partial charge is 0.124 e. The van der Waals surface area contributed by atoms with Gasteiger partial charge in [-0.2, -0.15) is 0 Å².